The van der Waals surface area contributed by atoms with Crippen molar-refractivity contribution in [1.29, 1.82) is 0 Å². The number of carbonyl (C=O) groups is 1. The molecule has 0 amide bonds. The Hall–Kier alpha value is -1.71. The van der Waals surface area contributed by atoms with Crippen LogP contribution in [0.25, 0.3) is 0 Å². The SMILES string of the molecule is CCCCCCCCCc1c([O])cc(CC(=O)O)c2c1CCO2. The maximum absolute atomic E-state index is 12.3. The lowest BCUT2D eigenvalue weighted by atomic mass is 9.94. The van der Waals surface area contributed by atoms with Crippen LogP contribution in [0.1, 0.15) is 68.6 Å². The second kappa shape index (κ2) is 8.80. The number of rotatable bonds is 10. The van der Waals surface area contributed by atoms with E-state index < -0.39 is 5.97 Å². The van der Waals surface area contributed by atoms with Gasteiger partial charge in [-0.15, -0.1) is 0 Å². The highest BCUT2D eigenvalue weighted by atomic mass is 16.5. The van der Waals surface area contributed by atoms with E-state index in [-0.39, 0.29) is 12.2 Å². The molecular formula is C19H27O4. The van der Waals surface area contributed by atoms with Crippen LogP contribution in [0, 0.1) is 0 Å². The summed E-state index contributed by atoms with van der Waals surface area (Å²) in [6.45, 7) is 2.77. The quantitative estimate of drug-likeness (QED) is 0.636. The first-order valence-electron chi connectivity index (χ1n) is 8.82. The Morgan fingerprint density at radius 3 is 2.57 bits per heavy atom. The topological polar surface area (TPSA) is 66.4 Å². The fourth-order valence-corrected chi connectivity index (χ4v) is 3.32. The molecule has 0 unspecified atom stereocenters. The molecule has 1 heterocycles. The minimum Gasteiger partial charge on any atom is -0.493 e. The van der Waals surface area contributed by atoms with Crippen LogP contribution >= 0.6 is 0 Å². The van der Waals surface area contributed by atoms with E-state index >= 15 is 0 Å². The molecule has 1 aromatic rings. The lowest BCUT2D eigenvalue weighted by Gasteiger charge is -2.12. The smallest absolute Gasteiger partial charge is 0.307 e. The molecule has 0 aromatic heterocycles. The van der Waals surface area contributed by atoms with E-state index in [4.69, 9.17) is 9.84 Å². The minimum absolute atomic E-state index is 0.0171. The van der Waals surface area contributed by atoms with Gasteiger partial charge in [-0.2, -0.15) is 0 Å². The summed E-state index contributed by atoms with van der Waals surface area (Å²) in [7, 11) is 0. The van der Waals surface area contributed by atoms with Gasteiger partial charge in [-0.3, -0.25) is 9.90 Å². The first-order valence-corrected chi connectivity index (χ1v) is 8.82. The number of aliphatic carboxylic acids is 1. The molecular weight excluding hydrogens is 292 g/mol. The highest BCUT2D eigenvalue weighted by molar-refractivity contribution is 5.73. The zero-order valence-electron chi connectivity index (χ0n) is 14.0. The summed E-state index contributed by atoms with van der Waals surface area (Å²) < 4.78 is 5.60. The van der Waals surface area contributed by atoms with Crippen molar-refractivity contribution in [2.75, 3.05) is 6.61 Å². The van der Waals surface area contributed by atoms with Gasteiger partial charge in [0.05, 0.1) is 13.0 Å². The molecule has 4 heteroatoms. The molecule has 127 valence electrons. The van der Waals surface area contributed by atoms with Gasteiger partial charge in [-0.05, 0) is 18.9 Å². The average Bonchev–Trinajstić information content (AvgIpc) is 2.98. The molecule has 0 saturated heterocycles. The van der Waals surface area contributed by atoms with Crippen LogP contribution in [0.2, 0.25) is 0 Å². The number of hydrogen-bond donors (Lipinski definition) is 1. The highest BCUT2D eigenvalue weighted by Crippen LogP contribution is 2.39. The maximum atomic E-state index is 12.3. The van der Waals surface area contributed by atoms with Gasteiger partial charge in [0.2, 0.25) is 0 Å². The average molecular weight is 319 g/mol. The third-order valence-electron chi connectivity index (χ3n) is 4.50. The largest absolute Gasteiger partial charge is 0.493 e. The van der Waals surface area contributed by atoms with Crippen LogP contribution < -0.4 is 4.74 Å². The summed E-state index contributed by atoms with van der Waals surface area (Å²) in [6, 6.07) is 1.47. The molecule has 1 N–H and O–H groups in total. The van der Waals surface area contributed by atoms with E-state index in [0.29, 0.717) is 17.9 Å². The van der Waals surface area contributed by atoms with E-state index in [1.165, 1.54) is 38.2 Å². The number of unbranched alkanes of at least 4 members (excludes halogenated alkanes) is 6. The summed E-state index contributed by atoms with van der Waals surface area (Å²) in [5.41, 5.74) is 2.33. The fourth-order valence-electron chi connectivity index (χ4n) is 3.32. The summed E-state index contributed by atoms with van der Waals surface area (Å²) >= 11 is 0. The molecule has 0 atom stereocenters. The van der Waals surface area contributed by atoms with Gasteiger partial charge in [0.25, 0.3) is 0 Å². The van der Waals surface area contributed by atoms with Gasteiger partial charge < -0.3 is 9.84 Å². The molecule has 4 nitrogen and oxygen atoms in total. The van der Waals surface area contributed by atoms with Crippen LogP contribution in [0.5, 0.6) is 11.5 Å². The molecule has 0 spiro atoms. The van der Waals surface area contributed by atoms with E-state index in [1.54, 1.807) is 0 Å². The molecule has 1 aliphatic heterocycles. The number of benzene rings is 1. The van der Waals surface area contributed by atoms with Crippen molar-refractivity contribution in [3.8, 4) is 11.5 Å². The van der Waals surface area contributed by atoms with E-state index in [9.17, 15) is 9.90 Å². The van der Waals surface area contributed by atoms with Crippen LogP contribution in [-0.4, -0.2) is 17.7 Å². The standard InChI is InChI=1S/C19H27O4/c1-2-3-4-5-6-7-8-9-15-16-10-11-23-19(16)14(12-17(15)20)13-18(21)22/h12H,2-11,13H2,1H3,(H,21,22). The maximum Gasteiger partial charge on any atom is 0.307 e. The Labute approximate surface area is 138 Å². The lowest BCUT2D eigenvalue weighted by molar-refractivity contribution is -0.136. The number of ether oxygens (including phenoxy) is 1. The second-order valence-electron chi connectivity index (χ2n) is 6.36. The van der Waals surface area contributed by atoms with Gasteiger partial charge in [-0.1, -0.05) is 45.4 Å². The van der Waals surface area contributed by atoms with Crippen molar-refractivity contribution in [2.24, 2.45) is 0 Å². The van der Waals surface area contributed by atoms with Gasteiger partial charge in [-0.25, -0.2) is 0 Å². The third kappa shape index (κ3) is 4.88. The van der Waals surface area contributed by atoms with Crippen molar-refractivity contribution in [1.82, 2.24) is 0 Å². The number of fused-ring (bicyclic) bond motifs is 1. The van der Waals surface area contributed by atoms with Crippen LogP contribution in [0.4, 0.5) is 0 Å². The molecule has 0 aliphatic carbocycles. The zero-order chi connectivity index (χ0) is 16.7. The fraction of sp³-hybridized carbons (Fsp3) is 0.632. The zero-order valence-corrected chi connectivity index (χ0v) is 14.0. The molecule has 2 rings (SSSR count). The second-order valence-corrected chi connectivity index (χ2v) is 6.36. The van der Waals surface area contributed by atoms with E-state index in [1.807, 2.05) is 0 Å². The number of hydrogen-bond acceptors (Lipinski definition) is 2. The van der Waals surface area contributed by atoms with Gasteiger partial charge in [0.15, 0.2) is 5.75 Å². The van der Waals surface area contributed by atoms with E-state index in [2.05, 4.69) is 6.92 Å². The Bertz CT molecular complexity index is 537. The number of carboxylic acids is 1. The van der Waals surface area contributed by atoms with Gasteiger partial charge in [0, 0.05) is 23.1 Å². The first kappa shape index (κ1) is 17.6. The molecule has 1 aliphatic rings. The summed E-state index contributed by atoms with van der Waals surface area (Å²) in [4.78, 5) is 10.9. The van der Waals surface area contributed by atoms with Crippen molar-refractivity contribution in [3.05, 3.63) is 22.8 Å². The van der Waals surface area contributed by atoms with Gasteiger partial charge >= 0.3 is 5.97 Å². The molecule has 23 heavy (non-hydrogen) atoms. The van der Waals surface area contributed by atoms with Crippen molar-refractivity contribution in [2.45, 2.75) is 71.1 Å². The molecule has 1 radical (unpaired) electrons. The minimum atomic E-state index is -0.929. The van der Waals surface area contributed by atoms with Crippen LogP contribution in [0.3, 0.4) is 0 Å². The lowest BCUT2D eigenvalue weighted by Crippen LogP contribution is -2.03. The Morgan fingerprint density at radius 1 is 1.17 bits per heavy atom. The van der Waals surface area contributed by atoms with Crippen LogP contribution in [-0.2, 0) is 29.2 Å². The van der Waals surface area contributed by atoms with Crippen molar-refractivity contribution < 1.29 is 19.7 Å². The Balaban J connectivity index is 1.94. The van der Waals surface area contributed by atoms with E-state index in [0.717, 1.165) is 36.8 Å². The first-order chi connectivity index (χ1) is 11.1. The van der Waals surface area contributed by atoms with Gasteiger partial charge in [0.1, 0.15) is 5.75 Å². The van der Waals surface area contributed by atoms with Crippen molar-refractivity contribution >= 4 is 5.97 Å². The highest BCUT2D eigenvalue weighted by Gasteiger charge is 2.24. The predicted octanol–water partition coefficient (Wildman–Crippen LogP) is 4.69. The molecule has 1 aromatic carbocycles. The Kier molecular flexibility index (Phi) is 6.75. The summed E-state index contributed by atoms with van der Waals surface area (Å²) in [6.07, 6.45) is 9.90. The molecule has 0 bridgehead atoms. The predicted molar refractivity (Wildman–Crippen MR) is 88.8 cm³/mol. The summed E-state index contributed by atoms with van der Waals surface area (Å²) in [5, 5.41) is 21.3. The number of carboxylic acid groups (broad SMARTS) is 1. The molecule has 0 saturated carbocycles. The molecule has 0 fully saturated rings. The monoisotopic (exact) mass is 319 g/mol. The normalized spacial score (nSPS) is 12.9. The Morgan fingerprint density at radius 2 is 1.87 bits per heavy atom. The van der Waals surface area contributed by atoms with Crippen molar-refractivity contribution in [3.63, 3.8) is 0 Å². The summed E-state index contributed by atoms with van der Waals surface area (Å²) in [5.74, 6) is -0.289. The third-order valence-corrected chi connectivity index (χ3v) is 4.50. The van der Waals surface area contributed by atoms with Crippen LogP contribution in [0.15, 0.2) is 6.07 Å².